The second-order valence-corrected chi connectivity index (χ2v) is 14.9. The standard InChI is InChI=1S/C39H56N8O9/c1-21(2)17-30(39(56)47-16-6-7-31(47)34(41)51)45-37(54)29(19-25-10-14-27(49)15-11-25)44-32(50)20-42-38(55)33(22(3)4)46-35(52)23(5)43-36(53)28(40)18-24-8-12-26(48)13-9-24/h8-15,21-23,28-31,33,48-49H,6-7,16-20,40H2,1-5H3,(H2,41,51)(H,42,55)(H,43,53)(H,44,50)(H,45,54)(H,46,52)/t23-,28-,29-,30+,31-,33-/m1/s1. The average Bonchev–Trinajstić information content (AvgIpc) is 3.64. The fraction of sp³-hybridized carbons (Fsp3) is 0.513. The maximum absolute atomic E-state index is 13.8. The van der Waals surface area contributed by atoms with Gasteiger partial charge in [-0.3, -0.25) is 33.6 Å². The molecule has 11 N–H and O–H groups in total. The summed E-state index contributed by atoms with van der Waals surface area (Å²) < 4.78 is 0. The molecular weight excluding hydrogens is 724 g/mol. The van der Waals surface area contributed by atoms with Crippen LogP contribution >= 0.6 is 0 Å². The van der Waals surface area contributed by atoms with Crippen molar-refractivity contribution in [2.75, 3.05) is 13.1 Å². The fourth-order valence-electron chi connectivity index (χ4n) is 6.27. The Kier molecular flexibility index (Phi) is 16.6. The molecule has 17 heteroatoms. The monoisotopic (exact) mass is 780 g/mol. The lowest BCUT2D eigenvalue weighted by Crippen LogP contribution is -2.58. The van der Waals surface area contributed by atoms with Crippen molar-refractivity contribution >= 4 is 41.4 Å². The topological polar surface area (TPSA) is 275 Å². The molecule has 0 unspecified atom stereocenters. The number of carbonyl (C=O) groups excluding carboxylic acids is 7. The molecule has 3 rings (SSSR count). The van der Waals surface area contributed by atoms with E-state index >= 15 is 0 Å². The van der Waals surface area contributed by atoms with Gasteiger partial charge in [0.05, 0.1) is 12.6 Å². The van der Waals surface area contributed by atoms with Crippen LogP contribution in [0.4, 0.5) is 0 Å². The van der Waals surface area contributed by atoms with Crippen molar-refractivity contribution in [2.24, 2.45) is 23.3 Å². The summed E-state index contributed by atoms with van der Waals surface area (Å²) in [5.41, 5.74) is 12.9. The number of phenolic OH excluding ortho intramolecular Hbond substituents is 2. The number of benzene rings is 2. The number of nitrogens with zero attached hydrogens (tertiary/aromatic N) is 1. The van der Waals surface area contributed by atoms with E-state index in [1.165, 1.54) is 36.1 Å². The molecule has 2 aromatic carbocycles. The summed E-state index contributed by atoms with van der Waals surface area (Å²) in [6.45, 7) is 8.29. The van der Waals surface area contributed by atoms with Gasteiger partial charge in [-0.05, 0) is 79.8 Å². The summed E-state index contributed by atoms with van der Waals surface area (Å²) in [7, 11) is 0. The van der Waals surface area contributed by atoms with E-state index in [0.29, 0.717) is 30.5 Å². The minimum absolute atomic E-state index is 0.00327. The SMILES string of the molecule is CC(C)C[C@H](NC(=O)[C@@H](Cc1ccc(O)cc1)NC(=O)CNC(=O)[C@H](NC(=O)[C@@H](C)NC(=O)[C@H](N)Cc1ccc(O)cc1)C(C)C)C(=O)N1CCC[C@@H]1C(N)=O. The molecule has 1 aliphatic heterocycles. The Bertz CT molecular complexity index is 1700. The zero-order valence-corrected chi connectivity index (χ0v) is 32.5. The van der Waals surface area contributed by atoms with Crippen LogP contribution in [0.2, 0.25) is 0 Å². The van der Waals surface area contributed by atoms with Gasteiger partial charge < -0.3 is 53.2 Å². The van der Waals surface area contributed by atoms with Crippen LogP contribution in [0.15, 0.2) is 48.5 Å². The smallest absolute Gasteiger partial charge is 0.245 e. The second-order valence-electron chi connectivity index (χ2n) is 14.9. The normalized spacial score (nSPS) is 16.6. The number of phenols is 2. The van der Waals surface area contributed by atoms with Gasteiger partial charge in [0.15, 0.2) is 0 Å². The summed E-state index contributed by atoms with van der Waals surface area (Å²) >= 11 is 0. The highest BCUT2D eigenvalue weighted by molar-refractivity contribution is 5.96. The molecule has 0 bridgehead atoms. The number of rotatable bonds is 19. The molecule has 1 saturated heterocycles. The van der Waals surface area contributed by atoms with Gasteiger partial charge in [0.2, 0.25) is 41.4 Å². The van der Waals surface area contributed by atoms with Crippen LogP contribution < -0.4 is 38.1 Å². The highest BCUT2D eigenvalue weighted by atomic mass is 16.3. The molecule has 306 valence electrons. The Morgan fingerprint density at radius 2 is 1.30 bits per heavy atom. The highest BCUT2D eigenvalue weighted by Gasteiger charge is 2.38. The van der Waals surface area contributed by atoms with E-state index in [0.717, 1.165) is 0 Å². The first-order chi connectivity index (χ1) is 26.4. The summed E-state index contributed by atoms with van der Waals surface area (Å²) in [5, 5.41) is 32.2. The van der Waals surface area contributed by atoms with Gasteiger partial charge in [-0.1, -0.05) is 52.0 Å². The molecule has 0 spiro atoms. The van der Waals surface area contributed by atoms with Gasteiger partial charge in [-0.2, -0.15) is 0 Å². The van der Waals surface area contributed by atoms with Crippen molar-refractivity contribution < 1.29 is 43.8 Å². The molecule has 0 saturated carbocycles. The summed E-state index contributed by atoms with van der Waals surface area (Å²) in [4.78, 5) is 93.1. The number of likely N-dealkylation sites (tertiary alicyclic amines) is 1. The van der Waals surface area contributed by atoms with E-state index in [1.807, 2.05) is 13.8 Å². The van der Waals surface area contributed by atoms with Gasteiger partial charge in [-0.15, -0.1) is 0 Å². The average molecular weight is 781 g/mol. The Hall–Kier alpha value is -5.71. The van der Waals surface area contributed by atoms with E-state index in [1.54, 1.807) is 38.1 Å². The van der Waals surface area contributed by atoms with E-state index in [2.05, 4.69) is 26.6 Å². The number of hydrogen-bond acceptors (Lipinski definition) is 10. The Labute approximate surface area is 326 Å². The van der Waals surface area contributed by atoms with Crippen LogP contribution in [0.3, 0.4) is 0 Å². The van der Waals surface area contributed by atoms with E-state index in [-0.39, 0.29) is 36.7 Å². The minimum Gasteiger partial charge on any atom is -0.508 e. The molecule has 6 atom stereocenters. The van der Waals surface area contributed by atoms with Crippen LogP contribution in [0.25, 0.3) is 0 Å². The number of aromatic hydroxyl groups is 2. The lowest BCUT2D eigenvalue weighted by atomic mass is 10.00. The van der Waals surface area contributed by atoms with Crippen molar-refractivity contribution in [2.45, 2.75) is 103 Å². The molecule has 1 aliphatic rings. The van der Waals surface area contributed by atoms with Crippen LogP contribution in [0.5, 0.6) is 11.5 Å². The Balaban J connectivity index is 1.65. The van der Waals surface area contributed by atoms with Crippen molar-refractivity contribution in [3.63, 3.8) is 0 Å². The minimum atomic E-state index is -1.22. The lowest BCUT2D eigenvalue weighted by molar-refractivity contribution is -0.141. The van der Waals surface area contributed by atoms with Gasteiger partial charge in [0, 0.05) is 13.0 Å². The third kappa shape index (κ3) is 13.5. The zero-order valence-electron chi connectivity index (χ0n) is 32.5. The zero-order chi connectivity index (χ0) is 41.7. The Morgan fingerprint density at radius 1 is 0.732 bits per heavy atom. The molecule has 0 radical (unpaired) electrons. The molecule has 1 heterocycles. The highest BCUT2D eigenvalue weighted by Crippen LogP contribution is 2.20. The predicted molar refractivity (Wildman–Crippen MR) is 206 cm³/mol. The van der Waals surface area contributed by atoms with Crippen LogP contribution in [0, 0.1) is 11.8 Å². The van der Waals surface area contributed by atoms with Crippen molar-refractivity contribution in [3.8, 4) is 11.5 Å². The van der Waals surface area contributed by atoms with Crippen LogP contribution in [-0.4, -0.2) is 106 Å². The second kappa shape index (κ2) is 20.8. The quantitative estimate of drug-likeness (QED) is 0.0879. The first-order valence-corrected chi connectivity index (χ1v) is 18.8. The maximum atomic E-state index is 13.8. The van der Waals surface area contributed by atoms with Crippen molar-refractivity contribution in [1.29, 1.82) is 0 Å². The maximum Gasteiger partial charge on any atom is 0.245 e. The summed E-state index contributed by atoms with van der Waals surface area (Å²) in [6.07, 6.45) is 1.38. The molecule has 56 heavy (non-hydrogen) atoms. The third-order valence-corrected chi connectivity index (χ3v) is 9.36. The first kappa shape index (κ1) is 44.7. The van der Waals surface area contributed by atoms with E-state index in [4.69, 9.17) is 11.5 Å². The van der Waals surface area contributed by atoms with Gasteiger partial charge in [-0.25, -0.2) is 0 Å². The number of nitrogens with one attached hydrogen (secondary N) is 5. The molecule has 7 amide bonds. The number of carbonyl (C=O) groups is 7. The summed E-state index contributed by atoms with van der Waals surface area (Å²) in [6, 6.07) is 6.01. The molecular formula is C39H56N8O9. The first-order valence-electron chi connectivity index (χ1n) is 18.8. The number of hydrogen-bond donors (Lipinski definition) is 9. The number of nitrogens with two attached hydrogens (primary N) is 2. The largest absolute Gasteiger partial charge is 0.508 e. The van der Waals surface area contributed by atoms with Crippen LogP contribution in [-0.2, 0) is 46.4 Å². The lowest BCUT2D eigenvalue weighted by Gasteiger charge is -2.30. The van der Waals surface area contributed by atoms with E-state index in [9.17, 15) is 43.8 Å². The fourth-order valence-corrected chi connectivity index (χ4v) is 6.27. The van der Waals surface area contributed by atoms with Crippen molar-refractivity contribution in [3.05, 3.63) is 59.7 Å². The van der Waals surface area contributed by atoms with Gasteiger partial charge >= 0.3 is 0 Å². The molecule has 1 fully saturated rings. The molecule has 0 aromatic heterocycles. The molecule has 0 aliphatic carbocycles. The van der Waals surface area contributed by atoms with Gasteiger partial charge in [0.1, 0.15) is 41.7 Å². The molecule has 17 nitrogen and oxygen atoms in total. The van der Waals surface area contributed by atoms with Crippen LogP contribution in [0.1, 0.15) is 65.0 Å². The predicted octanol–water partition coefficient (Wildman–Crippen LogP) is -0.536. The number of amides is 7. The third-order valence-electron chi connectivity index (χ3n) is 9.36. The summed E-state index contributed by atoms with van der Waals surface area (Å²) in [5.74, 6) is -4.86. The number of primary amides is 1. The van der Waals surface area contributed by atoms with Crippen molar-refractivity contribution in [1.82, 2.24) is 31.5 Å². The molecule has 2 aromatic rings. The van der Waals surface area contributed by atoms with E-state index < -0.39 is 90.1 Å². The van der Waals surface area contributed by atoms with Gasteiger partial charge in [0.25, 0.3) is 0 Å². The Morgan fingerprint density at radius 3 is 1.84 bits per heavy atom.